The summed E-state index contributed by atoms with van der Waals surface area (Å²) in [6.07, 6.45) is 0.290. The van der Waals surface area contributed by atoms with Crippen LogP contribution in [0.5, 0.6) is 0 Å². The summed E-state index contributed by atoms with van der Waals surface area (Å²) in [5, 5.41) is 5.20. The predicted octanol–water partition coefficient (Wildman–Crippen LogP) is 2.02. The molecule has 2 amide bonds. The Labute approximate surface area is 152 Å². The number of hydrogen-bond acceptors (Lipinski definition) is 5. The standard InChI is InChI=1S/C18H24N4O2S/c1-14-13-25-18(19-14)20-16(23)12-22(10-9-21(2)3)17(24)11-15-7-5-4-6-8-15/h4-8,13H,9-12H2,1-3H3,(H,19,20,23). The number of nitrogens with one attached hydrogen (secondary N) is 1. The molecule has 2 rings (SSSR count). The summed E-state index contributed by atoms with van der Waals surface area (Å²) in [6, 6.07) is 9.57. The van der Waals surface area contributed by atoms with Crippen LogP contribution < -0.4 is 5.32 Å². The Bertz CT molecular complexity index is 700. The highest BCUT2D eigenvalue weighted by atomic mass is 32.1. The maximum Gasteiger partial charge on any atom is 0.245 e. The first kappa shape index (κ1) is 19.1. The van der Waals surface area contributed by atoms with E-state index in [0.29, 0.717) is 18.2 Å². The van der Waals surface area contributed by atoms with Crippen LogP contribution in [0.3, 0.4) is 0 Å². The van der Waals surface area contributed by atoms with Crippen molar-refractivity contribution in [2.45, 2.75) is 13.3 Å². The minimum Gasteiger partial charge on any atom is -0.332 e. The van der Waals surface area contributed by atoms with Crippen LogP contribution in [0, 0.1) is 6.92 Å². The Morgan fingerprint density at radius 3 is 2.48 bits per heavy atom. The van der Waals surface area contributed by atoms with Crippen LogP contribution in [0.15, 0.2) is 35.7 Å². The van der Waals surface area contributed by atoms with Gasteiger partial charge in [-0.15, -0.1) is 11.3 Å². The van der Waals surface area contributed by atoms with Crippen molar-refractivity contribution in [3.8, 4) is 0 Å². The predicted molar refractivity (Wildman–Crippen MR) is 101 cm³/mol. The summed E-state index contributed by atoms with van der Waals surface area (Å²) >= 11 is 1.38. The summed E-state index contributed by atoms with van der Waals surface area (Å²) in [7, 11) is 3.89. The number of likely N-dealkylation sites (N-methyl/N-ethyl adjacent to an activating group) is 1. The van der Waals surface area contributed by atoms with E-state index in [2.05, 4.69) is 10.3 Å². The molecule has 0 unspecified atom stereocenters. The van der Waals surface area contributed by atoms with Gasteiger partial charge in [-0.3, -0.25) is 9.59 Å². The van der Waals surface area contributed by atoms with Crippen LogP contribution in [-0.4, -0.2) is 60.3 Å². The minimum atomic E-state index is -0.227. The molecule has 25 heavy (non-hydrogen) atoms. The van der Waals surface area contributed by atoms with Gasteiger partial charge < -0.3 is 15.1 Å². The zero-order chi connectivity index (χ0) is 18.2. The molecule has 0 atom stereocenters. The van der Waals surface area contributed by atoms with E-state index in [9.17, 15) is 9.59 Å². The zero-order valence-corrected chi connectivity index (χ0v) is 15.7. The van der Waals surface area contributed by atoms with E-state index in [1.165, 1.54) is 11.3 Å². The van der Waals surface area contributed by atoms with Crippen LogP contribution in [-0.2, 0) is 16.0 Å². The molecule has 0 aliphatic carbocycles. The van der Waals surface area contributed by atoms with E-state index in [1.54, 1.807) is 4.90 Å². The van der Waals surface area contributed by atoms with Gasteiger partial charge in [0, 0.05) is 18.5 Å². The second-order valence-corrected chi connectivity index (χ2v) is 6.98. The molecular weight excluding hydrogens is 336 g/mol. The van der Waals surface area contributed by atoms with Crippen molar-refractivity contribution in [2.24, 2.45) is 0 Å². The number of carbonyl (C=O) groups is 2. The fourth-order valence-corrected chi connectivity index (χ4v) is 2.94. The lowest BCUT2D eigenvalue weighted by Gasteiger charge is -2.24. The summed E-state index contributed by atoms with van der Waals surface area (Å²) in [4.78, 5) is 32.7. The topological polar surface area (TPSA) is 65.5 Å². The molecule has 1 aromatic carbocycles. The second-order valence-electron chi connectivity index (χ2n) is 6.12. The number of hydrogen-bond donors (Lipinski definition) is 1. The molecule has 0 aliphatic heterocycles. The first-order valence-corrected chi connectivity index (χ1v) is 9.00. The Morgan fingerprint density at radius 2 is 1.88 bits per heavy atom. The molecule has 0 bridgehead atoms. The molecule has 0 fully saturated rings. The van der Waals surface area contributed by atoms with Crippen molar-refractivity contribution < 1.29 is 9.59 Å². The fourth-order valence-electron chi connectivity index (χ4n) is 2.24. The average molecular weight is 360 g/mol. The van der Waals surface area contributed by atoms with E-state index in [-0.39, 0.29) is 24.8 Å². The number of rotatable bonds is 8. The molecule has 0 radical (unpaired) electrons. The largest absolute Gasteiger partial charge is 0.332 e. The smallest absolute Gasteiger partial charge is 0.245 e. The lowest BCUT2D eigenvalue weighted by Crippen LogP contribution is -2.42. The third kappa shape index (κ3) is 6.64. The SMILES string of the molecule is Cc1csc(NC(=O)CN(CCN(C)C)C(=O)Cc2ccccc2)n1. The van der Waals surface area contributed by atoms with Gasteiger partial charge in [-0.1, -0.05) is 30.3 Å². The molecule has 1 heterocycles. The van der Waals surface area contributed by atoms with Gasteiger partial charge >= 0.3 is 0 Å². The maximum absolute atomic E-state index is 12.6. The highest BCUT2D eigenvalue weighted by molar-refractivity contribution is 7.13. The van der Waals surface area contributed by atoms with Gasteiger partial charge in [0.05, 0.1) is 18.7 Å². The summed E-state index contributed by atoms with van der Waals surface area (Å²) in [6.45, 7) is 3.10. The maximum atomic E-state index is 12.6. The van der Waals surface area contributed by atoms with Crippen LogP contribution in [0.2, 0.25) is 0 Å². The number of benzene rings is 1. The Balaban J connectivity index is 1.98. The fraction of sp³-hybridized carbons (Fsp3) is 0.389. The molecule has 6 nitrogen and oxygen atoms in total. The highest BCUT2D eigenvalue weighted by Gasteiger charge is 2.18. The van der Waals surface area contributed by atoms with Crippen LogP contribution in [0.4, 0.5) is 5.13 Å². The first-order chi connectivity index (χ1) is 11.9. The highest BCUT2D eigenvalue weighted by Crippen LogP contribution is 2.14. The number of aryl methyl sites for hydroxylation is 1. The van der Waals surface area contributed by atoms with Gasteiger partial charge in [0.2, 0.25) is 11.8 Å². The Morgan fingerprint density at radius 1 is 1.16 bits per heavy atom. The van der Waals surface area contributed by atoms with Crippen molar-refractivity contribution in [3.63, 3.8) is 0 Å². The van der Waals surface area contributed by atoms with Crippen LogP contribution >= 0.6 is 11.3 Å². The van der Waals surface area contributed by atoms with Crippen molar-refractivity contribution in [3.05, 3.63) is 47.0 Å². The van der Waals surface area contributed by atoms with Crippen molar-refractivity contribution in [2.75, 3.05) is 39.0 Å². The minimum absolute atomic E-state index is 0.0259. The molecular formula is C18H24N4O2S. The third-order valence-corrected chi connectivity index (χ3v) is 4.44. The number of carbonyl (C=O) groups excluding carboxylic acids is 2. The van der Waals surface area contributed by atoms with E-state index in [0.717, 1.165) is 11.3 Å². The number of amides is 2. The van der Waals surface area contributed by atoms with Gasteiger partial charge in [-0.2, -0.15) is 0 Å². The third-order valence-electron chi connectivity index (χ3n) is 3.57. The number of aromatic nitrogens is 1. The van der Waals surface area contributed by atoms with Crippen LogP contribution in [0.25, 0.3) is 0 Å². The molecule has 1 N–H and O–H groups in total. The van der Waals surface area contributed by atoms with Gasteiger partial charge in [-0.05, 0) is 26.6 Å². The molecule has 7 heteroatoms. The number of anilines is 1. The monoisotopic (exact) mass is 360 g/mol. The molecule has 0 saturated heterocycles. The lowest BCUT2D eigenvalue weighted by molar-refractivity contribution is -0.134. The van der Waals surface area contributed by atoms with Crippen molar-refractivity contribution in [1.82, 2.24) is 14.8 Å². The van der Waals surface area contributed by atoms with Crippen molar-refractivity contribution in [1.29, 1.82) is 0 Å². The number of thiazole rings is 1. The van der Waals surface area contributed by atoms with Crippen molar-refractivity contribution >= 4 is 28.3 Å². The second kappa shape index (κ2) is 9.29. The van der Waals surface area contributed by atoms with Gasteiger partial charge in [0.25, 0.3) is 0 Å². The molecule has 0 spiro atoms. The quantitative estimate of drug-likeness (QED) is 0.782. The lowest BCUT2D eigenvalue weighted by atomic mass is 10.1. The van der Waals surface area contributed by atoms with Crippen LogP contribution in [0.1, 0.15) is 11.3 Å². The molecule has 0 aliphatic rings. The van der Waals surface area contributed by atoms with Gasteiger partial charge in [0.15, 0.2) is 5.13 Å². The summed E-state index contributed by atoms with van der Waals surface area (Å²) in [5.74, 6) is -0.284. The molecule has 134 valence electrons. The number of nitrogens with zero attached hydrogens (tertiary/aromatic N) is 3. The average Bonchev–Trinajstić information content (AvgIpc) is 2.97. The molecule has 0 saturated carbocycles. The van der Waals surface area contributed by atoms with E-state index >= 15 is 0 Å². The van der Waals surface area contributed by atoms with E-state index in [1.807, 2.05) is 61.6 Å². The Hall–Kier alpha value is -2.25. The van der Waals surface area contributed by atoms with E-state index < -0.39 is 0 Å². The first-order valence-electron chi connectivity index (χ1n) is 8.12. The molecule has 1 aromatic heterocycles. The zero-order valence-electron chi connectivity index (χ0n) is 14.9. The summed E-state index contributed by atoms with van der Waals surface area (Å²) in [5.41, 5.74) is 1.81. The molecule has 2 aromatic rings. The normalized spacial score (nSPS) is 10.7. The Kier molecular flexibility index (Phi) is 7.09. The van der Waals surface area contributed by atoms with Gasteiger partial charge in [0.1, 0.15) is 0 Å². The van der Waals surface area contributed by atoms with Gasteiger partial charge in [-0.25, -0.2) is 4.98 Å². The summed E-state index contributed by atoms with van der Waals surface area (Å²) < 4.78 is 0. The van der Waals surface area contributed by atoms with E-state index in [4.69, 9.17) is 0 Å².